The first-order chi connectivity index (χ1) is 7.89. The fourth-order valence-electron chi connectivity index (χ4n) is 2.38. The van der Waals surface area contributed by atoms with Gasteiger partial charge in [0.2, 0.25) is 0 Å². The van der Waals surface area contributed by atoms with Gasteiger partial charge in [0, 0.05) is 23.6 Å². The van der Waals surface area contributed by atoms with Gasteiger partial charge in [-0.3, -0.25) is 0 Å². The van der Waals surface area contributed by atoms with Gasteiger partial charge in [0.15, 0.2) is 0 Å². The molecule has 1 aliphatic heterocycles. The Kier molecular flexibility index (Phi) is 3.50. The zero-order chi connectivity index (χ0) is 12.6. The maximum absolute atomic E-state index is 5.89. The van der Waals surface area contributed by atoms with Crippen molar-refractivity contribution in [1.82, 2.24) is 0 Å². The van der Waals surface area contributed by atoms with E-state index in [1.807, 2.05) is 6.92 Å². The fraction of sp³-hybridized carbons (Fsp3) is 0.571. The van der Waals surface area contributed by atoms with E-state index in [1.54, 1.807) is 0 Å². The third-order valence-electron chi connectivity index (χ3n) is 3.52. The number of anilines is 1. The third kappa shape index (κ3) is 2.83. The molecule has 0 spiro atoms. The Morgan fingerprint density at radius 2 is 2.12 bits per heavy atom. The number of nitrogens with two attached hydrogens (primary N) is 1. The van der Waals surface area contributed by atoms with E-state index in [0.29, 0.717) is 5.41 Å². The summed E-state index contributed by atoms with van der Waals surface area (Å²) in [4.78, 5) is 2.45. The van der Waals surface area contributed by atoms with Gasteiger partial charge in [-0.2, -0.15) is 0 Å². The molecule has 2 N–H and O–H groups in total. The summed E-state index contributed by atoms with van der Waals surface area (Å²) in [6, 6.07) is 6.56. The Labute approximate surface area is 112 Å². The highest BCUT2D eigenvalue weighted by molar-refractivity contribution is 9.10. The molecule has 2 nitrogen and oxygen atoms in total. The van der Waals surface area contributed by atoms with Crippen molar-refractivity contribution in [3.05, 3.63) is 28.2 Å². The zero-order valence-electron chi connectivity index (χ0n) is 10.8. The van der Waals surface area contributed by atoms with Gasteiger partial charge in [0.25, 0.3) is 0 Å². The number of benzene rings is 1. The molecule has 17 heavy (non-hydrogen) atoms. The summed E-state index contributed by atoms with van der Waals surface area (Å²) in [5, 5.41) is 0. The van der Waals surface area contributed by atoms with Crippen LogP contribution >= 0.6 is 15.9 Å². The minimum Gasteiger partial charge on any atom is -0.370 e. The van der Waals surface area contributed by atoms with Crippen LogP contribution in [0.4, 0.5) is 5.69 Å². The van der Waals surface area contributed by atoms with Crippen LogP contribution in [-0.4, -0.2) is 13.1 Å². The highest BCUT2D eigenvalue weighted by Gasteiger charge is 2.30. The first kappa shape index (κ1) is 12.9. The van der Waals surface area contributed by atoms with E-state index in [2.05, 4.69) is 52.9 Å². The predicted octanol–water partition coefficient (Wildman–Crippen LogP) is 3.71. The molecule has 0 radical (unpaired) electrons. The Bertz CT molecular complexity index is 413. The molecule has 1 aliphatic rings. The average Bonchev–Trinajstić information content (AvgIpc) is 2.58. The second kappa shape index (κ2) is 4.62. The molecule has 1 fully saturated rings. The molecular formula is C14H21BrN2. The normalized spacial score (nSPS) is 20.6. The van der Waals surface area contributed by atoms with Crippen molar-refractivity contribution >= 4 is 21.6 Å². The lowest BCUT2D eigenvalue weighted by atomic mass is 9.93. The summed E-state index contributed by atoms with van der Waals surface area (Å²) in [7, 11) is 0. The van der Waals surface area contributed by atoms with Crippen LogP contribution in [0.25, 0.3) is 0 Å². The minimum atomic E-state index is 0.0929. The molecule has 1 atom stereocenters. The van der Waals surface area contributed by atoms with Gasteiger partial charge >= 0.3 is 0 Å². The van der Waals surface area contributed by atoms with Crippen molar-refractivity contribution in [1.29, 1.82) is 0 Å². The molecule has 0 aromatic heterocycles. The van der Waals surface area contributed by atoms with Crippen molar-refractivity contribution in [3.8, 4) is 0 Å². The Hall–Kier alpha value is -0.540. The van der Waals surface area contributed by atoms with Crippen LogP contribution in [-0.2, 0) is 0 Å². The lowest BCUT2D eigenvalue weighted by Gasteiger charge is -2.23. The van der Waals surface area contributed by atoms with Gasteiger partial charge in [-0.15, -0.1) is 0 Å². The summed E-state index contributed by atoms with van der Waals surface area (Å²) < 4.78 is 1.16. The van der Waals surface area contributed by atoms with Gasteiger partial charge in [0.1, 0.15) is 0 Å². The first-order valence-electron chi connectivity index (χ1n) is 6.19. The zero-order valence-corrected chi connectivity index (χ0v) is 12.4. The molecule has 1 saturated heterocycles. The van der Waals surface area contributed by atoms with Gasteiger partial charge < -0.3 is 10.6 Å². The molecule has 0 bridgehead atoms. The van der Waals surface area contributed by atoms with E-state index in [-0.39, 0.29) is 6.04 Å². The largest absolute Gasteiger partial charge is 0.370 e. The average molecular weight is 297 g/mol. The minimum absolute atomic E-state index is 0.0929. The van der Waals surface area contributed by atoms with Crippen LogP contribution < -0.4 is 10.6 Å². The third-order valence-corrected chi connectivity index (χ3v) is 4.15. The second-order valence-electron chi connectivity index (χ2n) is 5.84. The smallest absolute Gasteiger partial charge is 0.0511 e. The number of hydrogen-bond acceptors (Lipinski definition) is 2. The standard InChI is InChI=1S/C14H21BrN2/c1-10(16)11-4-5-13(12(15)8-11)17-7-6-14(2,3)9-17/h4-5,8,10H,6-7,9,16H2,1-3H3/t10-/m0/s1. The van der Waals surface area contributed by atoms with Crippen LogP contribution in [0.5, 0.6) is 0 Å². The summed E-state index contributed by atoms with van der Waals surface area (Å²) in [5.41, 5.74) is 8.80. The van der Waals surface area contributed by atoms with Gasteiger partial charge in [0.05, 0.1) is 5.69 Å². The van der Waals surface area contributed by atoms with Gasteiger partial charge in [-0.25, -0.2) is 0 Å². The van der Waals surface area contributed by atoms with Crippen LogP contribution in [0.15, 0.2) is 22.7 Å². The van der Waals surface area contributed by atoms with Crippen molar-refractivity contribution < 1.29 is 0 Å². The molecule has 1 aromatic carbocycles. The van der Waals surface area contributed by atoms with Gasteiger partial charge in [-0.1, -0.05) is 19.9 Å². The van der Waals surface area contributed by atoms with Crippen LogP contribution in [0.2, 0.25) is 0 Å². The molecule has 2 rings (SSSR count). The van der Waals surface area contributed by atoms with Crippen molar-refractivity contribution in [2.75, 3.05) is 18.0 Å². The van der Waals surface area contributed by atoms with E-state index < -0.39 is 0 Å². The predicted molar refractivity (Wildman–Crippen MR) is 77.4 cm³/mol. The highest BCUT2D eigenvalue weighted by Crippen LogP contribution is 2.36. The van der Waals surface area contributed by atoms with Crippen molar-refractivity contribution in [3.63, 3.8) is 0 Å². The number of hydrogen-bond donors (Lipinski definition) is 1. The molecule has 94 valence electrons. The lowest BCUT2D eigenvalue weighted by molar-refractivity contribution is 0.418. The fourth-order valence-corrected chi connectivity index (χ4v) is 3.03. The van der Waals surface area contributed by atoms with E-state index in [1.165, 1.54) is 17.7 Å². The molecule has 3 heteroatoms. The Morgan fingerprint density at radius 3 is 2.59 bits per heavy atom. The number of halogens is 1. The molecule has 0 aliphatic carbocycles. The summed E-state index contributed by atoms with van der Waals surface area (Å²) in [6.07, 6.45) is 1.26. The molecule has 1 aromatic rings. The van der Waals surface area contributed by atoms with Crippen LogP contribution in [0.1, 0.15) is 38.8 Å². The summed E-state index contributed by atoms with van der Waals surface area (Å²) in [5.74, 6) is 0. The topological polar surface area (TPSA) is 29.3 Å². The molecular weight excluding hydrogens is 276 g/mol. The second-order valence-corrected chi connectivity index (χ2v) is 6.69. The quantitative estimate of drug-likeness (QED) is 0.901. The first-order valence-corrected chi connectivity index (χ1v) is 6.98. The van der Waals surface area contributed by atoms with Crippen LogP contribution in [0, 0.1) is 5.41 Å². The van der Waals surface area contributed by atoms with E-state index in [0.717, 1.165) is 17.6 Å². The van der Waals surface area contributed by atoms with E-state index >= 15 is 0 Å². The number of rotatable bonds is 2. The maximum Gasteiger partial charge on any atom is 0.0511 e. The van der Waals surface area contributed by atoms with E-state index in [9.17, 15) is 0 Å². The molecule has 0 saturated carbocycles. The lowest BCUT2D eigenvalue weighted by Crippen LogP contribution is -2.23. The monoisotopic (exact) mass is 296 g/mol. The molecule has 0 unspecified atom stereocenters. The SMILES string of the molecule is C[C@H](N)c1ccc(N2CCC(C)(C)C2)c(Br)c1. The Morgan fingerprint density at radius 1 is 1.41 bits per heavy atom. The summed E-state index contributed by atoms with van der Waals surface area (Å²) >= 11 is 3.67. The van der Waals surface area contributed by atoms with Crippen molar-refractivity contribution in [2.45, 2.75) is 33.2 Å². The molecule has 0 amide bonds. The maximum atomic E-state index is 5.89. The van der Waals surface area contributed by atoms with Gasteiger partial charge in [-0.05, 0) is 52.4 Å². The van der Waals surface area contributed by atoms with Crippen LogP contribution in [0.3, 0.4) is 0 Å². The molecule has 1 heterocycles. The van der Waals surface area contributed by atoms with E-state index in [4.69, 9.17) is 5.73 Å². The number of nitrogens with zero attached hydrogens (tertiary/aromatic N) is 1. The Balaban J connectivity index is 2.23. The van der Waals surface area contributed by atoms with Crippen molar-refractivity contribution in [2.24, 2.45) is 11.1 Å². The highest BCUT2D eigenvalue weighted by atomic mass is 79.9. The summed E-state index contributed by atoms with van der Waals surface area (Å²) in [6.45, 7) is 8.95.